The van der Waals surface area contributed by atoms with E-state index in [1.807, 2.05) is 12.1 Å². The zero-order chi connectivity index (χ0) is 13.0. The molecule has 0 saturated carbocycles. The number of nitrogen functional groups attached to an aromatic ring is 1. The Bertz CT molecular complexity index is 551. The molecule has 1 amide bonds. The maximum atomic E-state index is 11.2. The molecular formula is C13H14N2O2S. The van der Waals surface area contributed by atoms with E-state index in [-0.39, 0.29) is 5.91 Å². The van der Waals surface area contributed by atoms with Gasteiger partial charge in [-0.25, -0.2) is 5.84 Å². The van der Waals surface area contributed by atoms with Crippen LogP contribution in [-0.4, -0.2) is 5.91 Å². The summed E-state index contributed by atoms with van der Waals surface area (Å²) in [7, 11) is 0. The molecule has 0 aliphatic heterocycles. The van der Waals surface area contributed by atoms with Crippen LogP contribution in [0.1, 0.15) is 21.7 Å². The Kier molecular flexibility index (Phi) is 4.07. The molecule has 1 heterocycles. The highest BCUT2D eigenvalue weighted by molar-refractivity contribution is 7.98. The topological polar surface area (TPSA) is 68.3 Å². The molecule has 0 spiro atoms. The number of thioether (sulfide) groups is 1. The van der Waals surface area contributed by atoms with Crippen LogP contribution in [0.2, 0.25) is 0 Å². The summed E-state index contributed by atoms with van der Waals surface area (Å²) < 4.78 is 5.30. The van der Waals surface area contributed by atoms with E-state index in [1.165, 1.54) is 16.7 Å². The first kappa shape index (κ1) is 12.7. The number of nitrogens with two attached hydrogens (primary N) is 1. The summed E-state index contributed by atoms with van der Waals surface area (Å²) >= 11 is 1.66. The zero-order valence-corrected chi connectivity index (χ0v) is 10.8. The minimum absolute atomic E-state index is 0.342. The van der Waals surface area contributed by atoms with Crippen LogP contribution in [0.5, 0.6) is 0 Å². The summed E-state index contributed by atoms with van der Waals surface area (Å²) in [5, 5.41) is 0. The first-order chi connectivity index (χ1) is 8.69. The van der Waals surface area contributed by atoms with Gasteiger partial charge in [-0.1, -0.05) is 17.7 Å². The monoisotopic (exact) mass is 262 g/mol. The molecule has 0 fully saturated rings. The SMILES string of the molecule is Cc1cccc(SCc2cc(C(=O)NN)co2)c1. The van der Waals surface area contributed by atoms with Gasteiger partial charge in [0.1, 0.15) is 12.0 Å². The summed E-state index contributed by atoms with van der Waals surface area (Å²) in [5.41, 5.74) is 3.74. The third-order valence-corrected chi connectivity index (χ3v) is 3.43. The van der Waals surface area contributed by atoms with Crippen molar-refractivity contribution in [1.29, 1.82) is 0 Å². The van der Waals surface area contributed by atoms with Crippen molar-refractivity contribution in [1.82, 2.24) is 5.43 Å². The van der Waals surface area contributed by atoms with Crippen LogP contribution in [0.15, 0.2) is 45.9 Å². The van der Waals surface area contributed by atoms with Gasteiger partial charge in [-0.2, -0.15) is 0 Å². The quantitative estimate of drug-likeness (QED) is 0.384. The van der Waals surface area contributed by atoms with E-state index in [9.17, 15) is 4.79 Å². The summed E-state index contributed by atoms with van der Waals surface area (Å²) in [6.07, 6.45) is 1.41. The summed E-state index contributed by atoms with van der Waals surface area (Å²) in [5.74, 6) is 6.14. The molecule has 0 atom stereocenters. The molecule has 2 rings (SSSR count). The molecule has 1 aromatic carbocycles. The number of amides is 1. The highest BCUT2D eigenvalue weighted by Gasteiger charge is 2.08. The van der Waals surface area contributed by atoms with Gasteiger partial charge >= 0.3 is 0 Å². The van der Waals surface area contributed by atoms with Crippen LogP contribution in [-0.2, 0) is 5.75 Å². The number of carbonyl (C=O) groups excluding carboxylic acids is 1. The van der Waals surface area contributed by atoms with E-state index >= 15 is 0 Å². The maximum absolute atomic E-state index is 11.2. The average Bonchev–Trinajstić information content (AvgIpc) is 2.84. The molecule has 0 unspecified atom stereocenters. The van der Waals surface area contributed by atoms with Gasteiger partial charge in [-0.3, -0.25) is 10.2 Å². The van der Waals surface area contributed by atoms with Crippen molar-refractivity contribution in [2.24, 2.45) is 5.84 Å². The standard InChI is InChI=1S/C13H14N2O2S/c1-9-3-2-4-12(5-9)18-8-11-6-10(7-17-11)13(16)15-14/h2-7H,8,14H2,1H3,(H,15,16). The Hall–Kier alpha value is -1.72. The number of benzene rings is 1. The van der Waals surface area contributed by atoms with Gasteiger partial charge < -0.3 is 4.42 Å². The van der Waals surface area contributed by atoms with Crippen LogP contribution in [0.4, 0.5) is 0 Å². The predicted molar refractivity (Wildman–Crippen MR) is 71.1 cm³/mol. The molecule has 94 valence electrons. The molecule has 3 N–H and O–H groups in total. The Labute approximate surface area is 110 Å². The number of nitrogens with one attached hydrogen (secondary N) is 1. The number of carbonyl (C=O) groups is 1. The van der Waals surface area contributed by atoms with E-state index < -0.39 is 0 Å². The summed E-state index contributed by atoms with van der Waals surface area (Å²) in [6.45, 7) is 2.06. The van der Waals surface area contributed by atoms with Gasteiger partial charge in [-0.05, 0) is 25.1 Å². The highest BCUT2D eigenvalue weighted by Crippen LogP contribution is 2.24. The predicted octanol–water partition coefficient (Wildman–Crippen LogP) is 2.48. The molecule has 0 bridgehead atoms. The molecule has 5 heteroatoms. The van der Waals surface area contributed by atoms with E-state index in [0.717, 1.165) is 5.76 Å². The first-order valence-electron chi connectivity index (χ1n) is 5.47. The molecule has 0 aliphatic rings. The Morgan fingerprint density at radius 3 is 3.00 bits per heavy atom. The minimum atomic E-state index is -0.342. The molecule has 1 aromatic heterocycles. The number of hydrogen-bond acceptors (Lipinski definition) is 4. The number of hydrogen-bond donors (Lipinski definition) is 2. The lowest BCUT2D eigenvalue weighted by molar-refractivity contribution is 0.0953. The number of rotatable bonds is 4. The van der Waals surface area contributed by atoms with Crippen molar-refractivity contribution in [3.05, 3.63) is 53.5 Å². The van der Waals surface area contributed by atoms with Crippen molar-refractivity contribution in [3.63, 3.8) is 0 Å². The van der Waals surface area contributed by atoms with Crippen LogP contribution >= 0.6 is 11.8 Å². The van der Waals surface area contributed by atoms with E-state index in [4.69, 9.17) is 10.3 Å². The van der Waals surface area contributed by atoms with Gasteiger partial charge in [0.25, 0.3) is 5.91 Å². The maximum Gasteiger partial charge on any atom is 0.268 e. The highest BCUT2D eigenvalue weighted by atomic mass is 32.2. The fraction of sp³-hybridized carbons (Fsp3) is 0.154. The van der Waals surface area contributed by atoms with Crippen LogP contribution in [0.3, 0.4) is 0 Å². The normalized spacial score (nSPS) is 10.3. The van der Waals surface area contributed by atoms with E-state index in [1.54, 1.807) is 17.8 Å². The molecule has 4 nitrogen and oxygen atoms in total. The minimum Gasteiger partial charge on any atom is -0.468 e. The second-order valence-corrected chi connectivity index (χ2v) is 4.93. The second-order valence-electron chi connectivity index (χ2n) is 3.88. The van der Waals surface area contributed by atoms with Crippen LogP contribution < -0.4 is 11.3 Å². The fourth-order valence-electron chi connectivity index (χ4n) is 1.52. The molecule has 0 aliphatic carbocycles. The van der Waals surface area contributed by atoms with Gasteiger partial charge in [0, 0.05) is 4.90 Å². The lowest BCUT2D eigenvalue weighted by Crippen LogP contribution is -2.29. The number of hydrazine groups is 1. The third kappa shape index (κ3) is 3.15. The molecule has 0 radical (unpaired) electrons. The van der Waals surface area contributed by atoms with Crippen LogP contribution in [0.25, 0.3) is 0 Å². The number of furan rings is 1. The Morgan fingerprint density at radius 2 is 2.28 bits per heavy atom. The van der Waals surface area contributed by atoms with Gasteiger partial charge in [-0.15, -0.1) is 11.8 Å². The smallest absolute Gasteiger partial charge is 0.268 e. The zero-order valence-electron chi connectivity index (χ0n) is 9.97. The number of aryl methyl sites for hydroxylation is 1. The van der Waals surface area contributed by atoms with Crippen molar-refractivity contribution >= 4 is 17.7 Å². The van der Waals surface area contributed by atoms with E-state index in [2.05, 4.69) is 24.5 Å². The van der Waals surface area contributed by atoms with Crippen molar-refractivity contribution in [2.45, 2.75) is 17.6 Å². The lowest BCUT2D eigenvalue weighted by Gasteiger charge is -2.00. The molecule has 0 saturated heterocycles. The van der Waals surface area contributed by atoms with Crippen molar-refractivity contribution in [3.8, 4) is 0 Å². The fourth-order valence-corrected chi connectivity index (χ4v) is 2.42. The molecule has 18 heavy (non-hydrogen) atoms. The Balaban J connectivity index is 1.98. The largest absolute Gasteiger partial charge is 0.468 e. The average molecular weight is 262 g/mol. The first-order valence-corrected chi connectivity index (χ1v) is 6.45. The Morgan fingerprint density at radius 1 is 1.44 bits per heavy atom. The van der Waals surface area contributed by atoms with Gasteiger partial charge in [0.15, 0.2) is 0 Å². The van der Waals surface area contributed by atoms with E-state index in [0.29, 0.717) is 11.3 Å². The molecular weight excluding hydrogens is 248 g/mol. The summed E-state index contributed by atoms with van der Waals surface area (Å²) in [4.78, 5) is 12.4. The van der Waals surface area contributed by atoms with Crippen LogP contribution in [0, 0.1) is 6.92 Å². The van der Waals surface area contributed by atoms with Gasteiger partial charge in [0.2, 0.25) is 0 Å². The van der Waals surface area contributed by atoms with Gasteiger partial charge in [0.05, 0.1) is 11.3 Å². The second kappa shape index (κ2) is 5.75. The third-order valence-electron chi connectivity index (χ3n) is 2.42. The van der Waals surface area contributed by atoms with Crippen molar-refractivity contribution < 1.29 is 9.21 Å². The lowest BCUT2D eigenvalue weighted by atomic mass is 10.2. The summed E-state index contributed by atoms with van der Waals surface area (Å²) in [6, 6.07) is 9.94. The van der Waals surface area contributed by atoms with Crippen molar-refractivity contribution in [2.75, 3.05) is 0 Å². The molecule has 2 aromatic rings.